The van der Waals surface area contributed by atoms with Crippen LogP contribution in [0.25, 0.3) is 0 Å². The molecule has 0 amide bonds. The Bertz CT molecular complexity index is 638. The van der Waals surface area contributed by atoms with E-state index >= 15 is 0 Å². The molecule has 246 valence electrons. The molecule has 4 nitrogen and oxygen atoms in total. The monoisotopic (exact) mass is 638 g/mol. The van der Waals surface area contributed by atoms with Gasteiger partial charge in [0.2, 0.25) is 10.4 Å². The van der Waals surface area contributed by atoms with Crippen molar-refractivity contribution in [3.8, 4) is 0 Å². The van der Waals surface area contributed by atoms with Crippen molar-refractivity contribution in [2.45, 2.75) is 206 Å². The summed E-state index contributed by atoms with van der Waals surface area (Å²) in [6.07, 6.45) is 43.9. The van der Waals surface area contributed by atoms with Crippen LogP contribution in [-0.4, -0.2) is 19.6 Å². The fraction of sp³-hybridized carbons (Fsp3) is 0.944. The van der Waals surface area contributed by atoms with E-state index in [1.807, 2.05) is 0 Å². The minimum Gasteiger partial charge on any atom is -0.726 e. The number of rotatable bonds is 34. The molecule has 0 saturated heterocycles. The first kappa shape index (κ1) is 45.4. The van der Waals surface area contributed by atoms with Crippen LogP contribution in [0.4, 0.5) is 0 Å². The van der Waals surface area contributed by atoms with Gasteiger partial charge in [0.25, 0.3) is 0 Å². The van der Waals surface area contributed by atoms with Crippen molar-refractivity contribution >= 4 is 10.4 Å². The minimum atomic E-state index is -4.62. The predicted molar refractivity (Wildman–Crippen MR) is 178 cm³/mol. The van der Waals surface area contributed by atoms with E-state index in [1.165, 1.54) is 173 Å². The van der Waals surface area contributed by atoms with Crippen LogP contribution in [0.1, 0.15) is 206 Å². The molecule has 0 aliphatic heterocycles. The average molecular weight is 639 g/mol. The molecule has 1 unspecified atom stereocenters. The molecular formula is C36H71KO4S. The van der Waals surface area contributed by atoms with Crippen LogP contribution in [0.2, 0.25) is 0 Å². The van der Waals surface area contributed by atoms with Gasteiger partial charge in [0.1, 0.15) is 0 Å². The normalized spacial score (nSPS) is 12.6. The molecule has 0 bridgehead atoms. The Hall–Kier alpha value is 1.25. The summed E-state index contributed by atoms with van der Waals surface area (Å²) in [4.78, 5) is 0. The maximum atomic E-state index is 11.0. The van der Waals surface area contributed by atoms with Gasteiger partial charge in [-0.05, 0) is 19.3 Å². The fourth-order valence-corrected chi connectivity index (χ4v) is 6.09. The Kier molecular flexibility index (Phi) is 39.7. The maximum Gasteiger partial charge on any atom is 1.00 e. The van der Waals surface area contributed by atoms with Crippen LogP contribution in [0, 0.1) is 5.92 Å². The van der Waals surface area contributed by atoms with Gasteiger partial charge in [-0.2, -0.15) is 0 Å². The first-order valence-electron chi connectivity index (χ1n) is 18.3. The molecule has 0 spiro atoms. The molecule has 0 aliphatic carbocycles. The summed E-state index contributed by atoms with van der Waals surface area (Å²) in [5.41, 5.74) is 0. The van der Waals surface area contributed by atoms with E-state index < -0.39 is 10.4 Å². The summed E-state index contributed by atoms with van der Waals surface area (Å²) < 4.78 is 37.5. The third kappa shape index (κ3) is 39.3. The topological polar surface area (TPSA) is 66.4 Å². The quantitative estimate of drug-likeness (QED) is 0.0232. The molecule has 6 heteroatoms. The zero-order valence-corrected chi connectivity index (χ0v) is 32.6. The van der Waals surface area contributed by atoms with Gasteiger partial charge in [0, 0.05) is 5.92 Å². The molecule has 0 heterocycles. The van der Waals surface area contributed by atoms with Gasteiger partial charge in [0.05, 0.1) is 6.61 Å². The molecule has 0 fully saturated rings. The smallest absolute Gasteiger partial charge is 0.726 e. The van der Waals surface area contributed by atoms with Crippen LogP contribution in [0.5, 0.6) is 0 Å². The molecule has 1 atom stereocenters. The molecule has 0 aromatic heterocycles. The van der Waals surface area contributed by atoms with Crippen molar-refractivity contribution in [2.24, 2.45) is 5.92 Å². The zero-order valence-electron chi connectivity index (χ0n) is 28.7. The van der Waals surface area contributed by atoms with Crippen LogP contribution >= 0.6 is 0 Å². The van der Waals surface area contributed by atoms with Crippen LogP contribution in [0.15, 0.2) is 12.2 Å². The van der Waals surface area contributed by atoms with Crippen molar-refractivity contribution in [1.82, 2.24) is 0 Å². The summed E-state index contributed by atoms with van der Waals surface area (Å²) in [5.74, 6) is 0.0166. The summed E-state index contributed by atoms with van der Waals surface area (Å²) in [7, 11) is -4.62. The first-order chi connectivity index (χ1) is 20.0. The van der Waals surface area contributed by atoms with Crippen LogP contribution in [-0.2, 0) is 14.6 Å². The summed E-state index contributed by atoms with van der Waals surface area (Å²) >= 11 is 0. The first-order valence-corrected chi connectivity index (χ1v) is 19.6. The maximum absolute atomic E-state index is 11.0. The fourth-order valence-electron chi connectivity index (χ4n) is 5.75. The Morgan fingerprint density at radius 2 is 0.833 bits per heavy atom. The van der Waals surface area contributed by atoms with E-state index in [-0.39, 0.29) is 63.9 Å². The Balaban J connectivity index is 0. The molecule has 0 aromatic carbocycles. The molecule has 0 aromatic rings. The number of hydrogen-bond acceptors (Lipinski definition) is 4. The molecule has 0 rings (SSSR count). The van der Waals surface area contributed by atoms with Crippen molar-refractivity contribution in [3.05, 3.63) is 12.2 Å². The van der Waals surface area contributed by atoms with Crippen LogP contribution < -0.4 is 51.4 Å². The average Bonchev–Trinajstić information content (AvgIpc) is 2.94. The molecule has 0 N–H and O–H groups in total. The van der Waals surface area contributed by atoms with E-state index in [9.17, 15) is 13.0 Å². The van der Waals surface area contributed by atoms with E-state index in [1.54, 1.807) is 0 Å². The zero-order chi connectivity index (χ0) is 30.1. The second-order valence-electron chi connectivity index (χ2n) is 12.7. The van der Waals surface area contributed by atoms with E-state index in [0.717, 1.165) is 19.3 Å². The van der Waals surface area contributed by atoms with Gasteiger partial charge in [-0.3, -0.25) is 4.18 Å². The number of hydrogen-bond donors (Lipinski definition) is 0. The Labute approximate surface area is 307 Å². The third-order valence-electron chi connectivity index (χ3n) is 8.49. The third-order valence-corrected chi connectivity index (χ3v) is 8.91. The SMILES string of the molecule is CCCCCCCCCCCCCCCCCC/C=C/C(CCCCCCCCCCCCCC)COS(=O)(=O)[O-].[K+]. The largest absolute Gasteiger partial charge is 1.00 e. The van der Waals surface area contributed by atoms with E-state index in [4.69, 9.17) is 0 Å². The van der Waals surface area contributed by atoms with E-state index in [0.29, 0.717) is 0 Å². The molecule has 0 aliphatic rings. The molecule has 42 heavy (non-hydrogen) atoms. The standard InChI is InChI=1S/C36H72O4S.K/c1-3-5-7-9-11-13-15-17-18-19-20-21-22-24-26-28-30-32-34-36(35-40-41(37,38)39)33-31-29-27-25-23-16-14-12-10-8-6-4-2;/h32,34,36H,3-31,33,35H2,1-2H3,(H,37,38,39);/q;+1/p-1/b34-32+;. The molecule has 0 saturated carbocycles. The van der Waals surface area contributed by atoms with Crippen LogP contribution in [0.3, 0.4) is 0 Å². The molecule has 0 radical (unpaired) electrons. The van der Waals surface area contributed by atoms with Gasteiger partial charge in [-0.15, -0.1) is 0 Å². The minimum absolute atomic E-state index is 0. The predicted octanol–water partition coefficient (Wildman–Crippen LogP) is 9.38. The number of allylic oxidation sites excluding steroid dienone is 1. The summed E-state index contributed by atoms with van der Waals surface area (Å²) in [6.45, 7) is 4.53. The van der Waals surface area contributed by atoms with Gasteiger partial charge in [0.15, 0.2) is 0 Å². The summed E-state index contributed by atoms with van der Waals surface area (Å²) in [5, 5.41) is 0. The Morgan fingerprint density at radius 3 is 1.17 bits per heavy atom. The number of unbranched alkanes of at least 4 members (excludes halogenated alkanes) is 27. The Morgan fingerprint density at radius 1 is 0.524 bits per heavy atom. The summed E-state index contributed by atoms with van der Waals surface area (Å²) in [6, 6.07) is 0. The second-order valence-corrected chi connectivity index (χ2v) is 13.7. The van der Waals surface area contributed by atoms with Gasteiger partial charge >= 0.3 is 51.4 Å². The van der Waals surface area contributed by atoms with Gasteiger partial charge < -0.3 is 4.55 Å². The van der Waals surface area contributed by atoms with Gasteiger partial charge in [-0.25, -0.2) is 8.42 Å². The van der Waals surface area contributed by atoms with Crippen molar-refractivity contribution < 1.29 is 68.5 Å². The van der Waals surface area contributed by atoms with Crippen molar-refractivity contribution in [3.63, 3.8) is 0 Å². The molecular weight excluding hydrogens is 568 g/mol. The second kappa shape index (κ2) is 36.7. The van der Waals surface area contributed by atoms with E-state index in [2.05, 4.69) is 30.2 Å². The van der Waals surface area contributed by atoms with Gasteiger partial charge in [-0.1, -0.05) is 199 Å². The van der Waals surface area contributed by atoms with Crippen molar-refractivity contribution in [2.75, 3.05) is 6.61 Å². The van der Waals surface area contributed by atoms with Crippen molar-refractivity contribution in [1.29, 1.82) is 0 Å².